The molecule has 0 spiro atoms. The minimum atomic E-state index is -0.157. The summed E-state index contributed by atoms with van der Waals surface area (Å²) in [4.78, 5) is 32.4. The quantitative estimate of drug-likeness (QED) is 0.265. The molecule has 31 heavy (non-hydrogen) atoms. The van der Waals surface area contributed by atoms with E-state index in [1.165, 1.54) is 18.2 Å². The molecule has 1 saturated heterocycles. The fourth-order valence-corrected chi connectivity index (χ4v) is 4.99. The normalized spacial score (nSPS) is 14.2. The van der Waals surface area contributed by atoms with E-state index < -0.39 is 0 Å². The predicted molar refractivity (Wildman–Crippen MR) is 128 cm³/mol. The Balaban J connectivity index is 1.56. The van der Waals surface area contributed by atoms with E-state index in [0.717, 1.165) is 32.4 Å². The standard InChI is InChI=1S/C23H23Cl2N3O2S/c24-18-11-10-16(15-19(18)25)28-22(30)17-7-2-3-8-20(17)26-23(28)31-14-6-9-21(29)27-12-4-1-5-13-27/h2-3,7-8,10-11,15H,1,4-6,9,12-14H2. The van der Waals surface area contributed by atoms with Gasteiger partial charge in [-0.2, -0.15) is 0 Å². The maximum Gasteiger partial charge on any atom is 0.266 e. The van der Waals surface area contributed by atoms with Gasteiger partial charge in [-0.05, 0) is 56.0 Å². The van der Waals surface area contributed by atoms with Crippen molar-refractivity contribution in [1.82, 2.24) is 14.5 Å². The van der Waals surface area contributed by atoms with Gasteiger partial charge in [-0.15, -0.1) is 0 Å². The molecule has 1 aromatic heterocycles. The Labute approximate surface area is 195 Å². The minimum absolute atomic E-state index is 0.157. The molecule has 2 heterocycles. The van der Waals surface area contributed by atoms with Crippen LogP contribution >= 0.6 is 35.0 Å². The maximum absolute atomic E-state index is 13.3. The summed E-state index contributed by atoms with van der Waals surface area (Å²) >= 11 is 13.7. The molecule has 1 aliphatic heterocycles. The first-order valence-electron chi connectivity index (χ1n) is 10.4. The molecule has 0 radical (unpaired) electrons. The number of para-hydroxylation sites is 1. The average Bonchev–Trinajstić information content (AvgIpc) is 2.79. The van der Waals surface area contributed by atoms with Crippen LogP contribution in [0.3, 0.4) is 0 Å². The number of hydrogen-bond acceptors (Lipinski definition) is 4. The Bertz CT molecular complexity index is 1160. The first-order chi connectivity index (χ1) is 15.0. The molecule has 3 aromatic rings. The van der Waals surface area contributed by atoms with Crippen LogP contribution in [0.2, 0.25) is 10.0 Å². The van der Waals surface area contributed by atoms with E-state index in [1.54, 1.807) is 28.8 Å². The Morgan fingerprint density at radius 1 is 1.03 bits per heavy atom. The Kier molecular flexibility index (Phi) is 7.20. The fourth-order valence-electron chi connectivity index (χ4n) is 3.75. The van der Waals surface area contributed by atoms with Gasteiger partial charge in [0, 0.05) is 25.3 Å². The lowest BCUT2D eigenvalue weighted by Crippen LogP contribution is -2.35. The molecule has 2 aromatic carbocycles. The molecule has 1 fully saturated rings. The van der Waals surface area contributed by atoms with Crippen molar-refractivity contribution in [2.75, 3.05) is 18.8 Å². The summed E-state index contributed by atoms with van der Waals surface area (Å²) in [5.74, 6) is 0.903. The van der Waals surface area contributed by atoms with E-state index in [-0.39, 0.29) is 11.5 Å². The van der Waals surface area contributed by atoms with E-state index in [4.69, 9.17) is 28.2 Å². The Morgan fingerprint density at radius 2 is 1.81 bits per heavy atom. The summed E-state index contributed by atoms with van der Waals surface area (Å²) in [6, 6.07) is 12.4. The number of nitrogens with zero attached hydrogens (tertiary/aromatic N) is 3. The smallest absolute Gasteiger partial charge is 0.266 e. The molecule has 0 atom stereocenters. The summed E-state index contributed by atoms with van der Waals surface area (Å²) in [5, 5.41) is 1.92. The highest BCUT2D eigenvalue weighted by atomic mass is 35.5. The highest BCUT2D eigenvalue weighted by Gasteiger charge is 2.17. The number of fused-ring (bicyclic) bond motifs is 1. The Morgan fingerprint density at radius 3 is 2.58 bits per heavy atom. The summed E-state index contributed by atoms with van der Waals surface area (Å²) < 4.78 is 1.57. The topological polar surface area (TPSA) is 55.2 Å². The number of rotatable bonds is 6. The summed E-state index contributed by atoms with van der Waals surface area (Å²) in [6.07, 6.45) is 4.63. The van der Waals surface area contributed by atoms with Gasteiger partial charge in [-0.3, -0.25) is 14.2 Å². The van der Waals surface area contributed by atoms with Crippen molar-refractivity contribution in [3.63, 3.8) is 0 Å². The molecule has 162 valence electrons. The second-order valence-corrected chi connectivity index (χ2v) is 9.42. The monoisotopic (exact) mass is 475 g/mol. The zero-order valence-electron chi connectivity index (χ0n) is 17.0. The maximum atomic E-state index is 13.3. The van der Waals surface area contributed by atoms with Gasteiger partial charge in [0.05, 0.1) is 26.6 Å². The van der Waals surface area contributed by atoms with Crippen LogP contribution in [0.4, 0.5) is 0 Å². The second kappa shape index (κ2) is 10.1. The molecular formula is C23H23Cl2N3O2S. The molecule has 0 aliphatic carbocycles. The van der Waals surface area contributed by atoms with Gasteiger partial charge in [-0.1, -0.05) is 47.1 Å². The number of piperidine rings is 1. The van der Waals surface area contributed by atoms with Gasteiger partial charge < -0.3 is 4.90 Å². The molecule has 8 heteroatoms. The Hall–Kier alpha value is -2.02. The van der Waals surface area contributed by atoms with Crippen LogP contribution in [0, 0.1) is 0 Å². The van der Waals surface area contributed by atoms with Crippen molar-refractivity contribution in [1.29, 1.82) is 0 Å². The molecule has 4 rings (SSSR count). The van der Waals surface area contributed by atoms with E-state index in [9.17, 15) is 9.59 Å². The van der Waals surface area contributed by atoms with Crippen molar-refractivity contribution in [2.45, 2.75) is 37.3 Å². The van der Waals surface area contributed by atoms with E-state index in [0.29, 0.717) is 44.0 Å². The number of aromatic nitrogens is 2. The van der Waals surface area contributed by atoms with E-state index in [1.807, 2.05) is 23.1 Å². The minimum Gasteiger partial charge on any atom is -0.343 e. The highest BCUT2D eigenvalue weighted by molar-refractivity contribution is 7.99. The van der Waals surface area contributed by atoms with Crippen LogP contribution in [0.25, 0.3) is 16.6 Å². The zero-order valence-corrected chi connectivity index (χ0v) is 19.3. The summed E-state index contributed by atoms with van der Waals surface area (Å²) in [5.41, 5.74) is 1.11. The SMILES string of the molecule is O=C(CCCSc1nc2ccccc2c(=O)n1-c1ccc(Cl)c(Cl)c1)N1CCCCC1. The number of carbonyl (C=O) groups is 1. The number of benzene rings is 2. The molecule has 0 unspecified atom stereocenters. The van der Waals surface area contributed by atoms with Crippen LogP contribution in [0.5, 0.6) is 0 Å². The van der Waals surface area contributed by atoms with Crippen molar-refractivity contribution in [3.8, 4) is 5.69 Å². The number of carbonyl (C=O) groups excluding carboxylic acids is 1. The van der Waals surface area contributed by atoms with E-state index in [2.05, 4.69) is 0 Å². The van der Waals surface area contributed by atoms with Crippen LogP contribution in [-0.4, -0.2) is 39.2 Å². The number of halogens is 2. The van der Waals surface area contributed by atoms with Crippen molar-refractivity contribution in [3.05, 3.63) is 62.9 Å². The molecule has 1 amide bonds. The van der Waals surface area contributed by atoms with Crippen LogP contribution in [-0.2, 0) is 4.79 Å². The zero-order chi connectivity index (χ0) is 21.8. The van der Waals surface area contributed by atoms with Crippen LogP contribution < -0.4 is 5.56 Å². The molecular weight excluding hydrogens is 453 g/mol. The van der Waals surface area contributed by atoms with Gasteiger partial charge in [0.25, 0.3) is 5.56 Å². The number of likely N-dealkylation sites (tertiary alicyclic amines) is 1. The molecule has 1 aliphatic rings. The predicted octanol–water partition coefficient (Wildman–Crippen LogP) is 5.58. The van der Waals surface area contributed by atoms with Crippen LogP contribution in [0.1, 0.15) is 32.1 Å². The first kappa shape index (κ1) is 22.2. The number of amides is 1. The van der Waals surface area contributed by atoms with Crippen LogP contribution in [0.15, 0.2) is 52.4 Å². The lowest BCUT2D eigenvalue weighted by Gasteiger charge is -2.26. The van der Waals surface area contributed by atoms with Gasteiger partial charge in [0.2, 0.25) is 5.91 Å². The number of thioether (sulfide) groups is 1. The van der Waals surface area contributed by atoms with Crippen molar-refractivity contribution < 1.29 is 4.79 Å². The molecule has 5 nitrogen and oxygen atoms in total. The van der Waals surface area contributed by atoms with Gasteiger partial charge in [0.1, 0.15) is 0 Å². The lowest BCUT2D eigenvalue weighted by molar-refractivity contribution is -0.132. The highest BCUT2D eigenvalue weighted by Crippen LogP contribution is 2.27. The largest absolute Gasteiger partial charge is 0.343 e. The summed E-state index contributed by atoms with van der Waals surface area (Å²) in [6.45, 7) is 1.74. The summed E-state index contributed by atoms with van der Waals surface area (Å²) in [7, 11) is 0. The first-order valence-corrected chi connectivity index (χ1v) is 12.2. The molecule has 0 bridgehead atoms. The van der Waals surface area contributed by atoms with Crippen molar-refractivity contribution >= 4 is 51.8 Å². The van der Waals surface area contributed by atoms with Gasteiger partial charge in [0.15, 0.2) is 5.16 Å². The number of hydrogen-bond donors (Lipinski definition) is 0. The third-order valence-electron chi connectivity index (χ3n) is 5.38. The van der Waals surface area contributed by atoms with Crippen molar-refractivity contribution in [2.24, 2.45) is 0 Å². The second-order valence-electron chi connectivity index (χ2n) is 7.54. The lowest BCUT2D eigenvalue weighted by atomic mass is 10.1. The molecule has 0 saturated carbocycles. The average molecular weight is 476 g/mol. The van der Waals surface area contributed by atoms with Gasteiger partial charge >= 0.3 is 0 Å². The third kappa shape index (κ3) is 5.08. The third-order valence-corrected chi connectivity index (χ3v) is 7.15. The van der Waals surface area contributed by atoms with E-state index >= 15 is 0 Å². The fraction of sp³-hybridized carbons (Fsp3) is 0.348. The van der Waals surface area contributed by atoms with Gasteiger partial charge in [-0.25, -0.2) is 4.98 Å². The molecule has 0 N–H and O–H groups in total.